The van der Waals surface area contributed by atoms with Gasteiger partial charge >= 0.3 is 10.2 Å². The Morgan fingerprint density at radius 1 is 1.23 bits per heavy atom. The second kappa shape index (κ2) is 8.41. The smallest absolute Gasteiger partial charge is 0.302 e. The highest BCUT2D eigenvalue weighted by atomic mass is 32.2. The maximum Gasteiger partial charge on any atom is 0.302 e. The predicted molar refractivity (Wildman–Crippen MR) is 120 cm³/mol. The zero-order chi connectivity index (χ0) is 22.2. The Hall–Kier alpha value is -2.16. The van der Waals surface area contributed by atoms with E-state index in [1.54, 1.807) is 12.1 Å². The largest absolute Gasteiger partial charge is 0.491 e. The van der Waals surface area contributed by atoms with Gasteiger partial charge < -0.3 is 4.74 Å². The second-order valence-corrected chi connectivity index (χ2v) is 10.5. The first-order valence-corrected chi connectivity index (χ1v) is 12.2. The number of ether oxygens (including phenoxy) is 1. The summed E-state index contributed by atoms with van der Waals surface area (Å²) in [6, 6.07) is 14.1. The molecular formula is C23H30FN3O3S. The van der Waals surface area contributed by atoms with Crippen molar-refractivity contribution in [1.82, 2.24) is 9.62 Å². The lowest BCUT2D eigenvalue weighted by atomic mass is 9.83. The van der Waals surface area contributed by atoms with Gasteiger partial charge in [0.15, 0.2) is 0 Å². The van der Waals surface area contributed by atoms with Crippen LogP contribution in [-0.4, -0.2) is 44.1 Å². The van der Waals surface area contributed by atoms with Crippen LogP contribution in [0.2, 0.25) is 0 Å². The number of likely N-dealkylation sites (tertiary alicyclic amines) is 1. The summed E-state index contributed by atoms with van der Waals surface area (Å²) >= 11 is 0. The van der Waals surface area contributed by atoms with Gasteiger partial charge in [-0.1, -0.05) is 18.2 Å². The lowest BCUT2D eigenvalue weighted by Gasteiger charge is -2.47. The molecule has 2 heterocycles. The lowest BCUT2D eigenvalue weighted by Crippen LogP contribution is -2.57. The van der Waals surface area contributed by atoms with Crippen molar-refractivity contribution in [3.8, 4) is 5.75 Å². The van der Waals surface area contributed by atoms with Gasteiger partial charge in [-0.15, -0.1) is 0 Å². The van der Waals surface area contributed by atoms with Crippen LogP contribution >= 0.6 is 0 Å². The van der Waals surface area contributed by atoms with E-state index in [0.29, 0.717) is 25.1 Å². The first kappa shape index (κ1) is 22.0. The Bertz CT molecular complexity index is 1050. The van der Waals surface area contributed by atoms with E-state index in [1.807, 2.05) is 26.0 Å². The van der Waals surface area contributed by atoms with Crippen molar-refractivity contribution in [3.63, 3.8) is 0 Å². The number of benzene rings is 2. The van der Waals surface area contributed by atoms with Crippen LogP contribution in [0.5, 0.6) is 5.75 Å². The Kier molecular flexibility index (Phi) is 5.98. The van der Waals surface area contributed by atoms with Crippen LogP contribution in [0, 0.1) is 5.82 Å². The summed E-state index contributed by atoms with van der Waals surface area (Å²) in [6.45, 7) is 8.00. The Morgan fingerprint density at radius 2 is 2.00 bits per heavy atom. The van der Waals surface area contributed by atoms with Crippen LogP contribution in [0.15, 0.2) is 48.5 Å². The highest BCUT2D eigenvalue weighted by molar-refractivity contribution is 7.91. The number of hydrogen-bond acceptors (Lipinski definition) is 4. The monoisotopic (exact) mass is 447 g/mol. The molecule has 0 aliphatic carbocycles. The molecule has 0 amide bonds. The second-order valence-electron chi connectivity index (χ2n) is 8.88. The van der Waals surface area contributed by atoms with Gasteiger partial charge in [-0.3, -0.25) is 9.21 Å². The van der Waals surface area contributed by atoms with Crippen LogP contribution in [0.25, 0.3) is 0 Å². The van der Waals surface area contributed by atoms with E-state index in [1.165, 1.54) is 22.0 Å². The molecule has 2 saturated heterocycles. The molecule has 0 unspecified atom stereocenters. The molecule has 4 rings (SSSR count). The summed E-state index contributed by atoms with van der Waals surface area (Å²) in [5, 5.41) is 0. The highest BCUT2D eigenvalue weighted by Crippen LogP contribution is 2.41. The molecule has 8 heteroatoms. The SMILES string of the molecule is CC(C)Oc1cccc(CN2CC[C@@]3(CNS(=O)(=O)N3c3cccc(F)c3)C[C@@H]2C)c1. The zero-order valence-electron chi connectivity index (χ0n) is 18.2. The lowest BCUT2D eigenvalue weighted by molar-refractivity contribution is 0.106. The number of hydrogen-bond donors (Lipinski definition) is 1. The van der Waals surface area contributed by atoms with Gasteiger partial charge in [0.05, 0.1) is 17.3 Å². The van der Waals surface area contributed by atoms with Gasteiger partial charge in [-0.2, -0.15) is 13.1 Å². The summed E-state index contributed by atoms with van der Waals surface area (Å²) in [5.41, 5.74) is 0.954. The van der Waals surface area contributed by atoms with E-state index in [-0.39, 0.29) is 12.1 Å². The molecule has 31 heavy (non-hydrogen) atoms. The first-order chi connectivity index (χ1) is 14.7. The van der Waals surface area contributed by atoms with Crippen molar-refractivity contribution in [2.45, 2.75) is 57.8 Å². The normalized spacial score (nSPS) is 26.0. The minimum absolute atomic E-state index is 0.120. The fraction of sp³-hybridized carbons (Fsp3) is 0.478. The number of anilines is 1. The molecular weight excluding hydrogens is 417 g/mol. The molecule has 2 atom stereocenters. The van der Waals surface area contributed by atoms with Gasteiger partial charge in [0, 0.05) is 25.7 Å². The highest BCUT2D eigenvalue weighted by Gasteiger charge is 2.52. The van der Waals surface area contributed by atoms with Crippen LogP contribution in [-0.2, 0) is 16.8 Å². The maximum absolute atomic E-state index is 13.9. The molecule has 0 radical (unpaired) electrons. The van der Waals surface area contributed by atoms with Crippen molar-refractivity contribution in [2.24, 2.45) is 0 Å². The summed E-state index contributed by atoms with van der Waals surface area (Å²) in [7, 11) is -3.70. The van der Waals surface area contributed by atoms with Gasteiger partial charge in [0.25, 0.3) is 0 Å². The third-order valence-corrected chi connectivity index (χ3v) is 7.70. The van der Waals surface area contributed by atoms with Crippen LogP contribution < -0.4 is 13.8 Å². The van der Waals surface area contributed by atoms with Crippen molar-refractivity contribution >= 4 is 15.9 Å². The Balaban J connectivity index is 1.53. The molecule has 0 bridgehead atoms. The minimum Gasteiger partial charge on any atom is -0.491 e. The fourth-order valence-corrected chi connectivity index (χ4v) is 6.50. The van der Waals surface area contributed by atoms with Crippen LogP contribution in [0.1, 0.15) is 39.2 Å². The van der Waals surface area contributed by atoms with E-state index >= 15 is 0 Å². The van der Waals surface area contributed by atoms with Gasteiger partial charge in [-0.05, 0) is 69.5 Å². The number of halogens is 1. The van der Waals surface area contributed by atoms with E-state index in [9.17, 15) is 12.8 Å². The molecule has 6 nitrogen and oxygen atoms in total. The van der Waals surface area contributed by atoms with E-state index in [2.05, 4.69) is 28.7 Å². The zero-order valence-corrected chi connectivity index (χ0v) is 19.0. The third-order valence-electron chi connectivity index (χ3n) is 6.12. The molecule has 0 saturated carbocycles. The number of rotatable bonds is 5. The molecule has 2 fully saturated rings. The van der Waals surface area contributed by atoms with Gasteiger partial charge in [0.2, 0.25) is 0 Å². The Labute approximate surface area is 184 Å². The maximum atomic E-state index is 13.9. The number of nitrogens with zero attached hydrogens (tertiary/aromatic N) is 2. The van der Waals surface area contributed by atoms with Crippen molar-refractivity contribution in [3.05, 3.63) is 59.9 Å². The Morgan fingerprint density at radius 3 is 2.71 bits per heavy atom. The molecule has 2 aliphatic heterocycles. The number of piperidine rings is 1. The van der Waals surface area contributed by atoms with Gasteiger partial charge in [-0.25, -0.2) is 4.39 Å². The molecule has 2 aromatic rings. The molecule has 1 spiro atoms. The molecule has 2 aromatic carbocycles. The molecule has 1 N–H and O–H groups in total. The summed E-state index contributed by atoms with van der Waals surface area (Å²) in [6.07, 6.45) is 1.45. The summed E-state index contributed by atoms with van der Waals surface area (Å²) in [5.74, 6) is 0.417. The standard InChI is InChI=1S/C23H30FN3O3S/c1-17(2)30-22-9-4-6-19(12-22)15-26-11-10-23(14-18(26)3)16-25-31(28,29)27(23)21-8-5-7-20(24)13-21/h4-9,12-13,17-18,25H,10-11,14-16H2,1-3H3/t18-,23-/m0/s1. The van der Waals surface area contributed by atoms with E-state index in [0.717, 1.165) is 18.8 Å². The van der Waals surface area contributed by atoms with Crippen LogP contribution in [0.3, 0.4) is 0 Å². The molecule has 2 aliphatic rings. The van der Waals surface area contributed by atoms with E-state index < -0.39 is 21.6 Å². The number of nitrogens with one attached hydrogen (secondary N) is 1. The minimum atomic E-state index is -3.70. The van der Waals surface area contributed by atoms with E-state index in [4.69, 9.17) is 4.74 Å². The molecule has 168 valence electrons. The predicted octanol–water partition coefficient (Wildman–Crippen LogP) is 3.69. The average molecular weight is 448 g/mol. The average Bonchev–Trinajstić information content (AvgIpc) is 2.94. The fourth-order valence-electron chi connectivity index (χ4n) is 4.79. The van der Waals surface area contributed by atoms with Crippen molar-refractivity contribution in [1.29, 1.82) is 0 Å². The topological polar surface area (TPSA) is 61.9 Å². The van der Waals surface area contributed by atoms with Crippen LogP contribution in [0.4, 0.5) is 10.1 Å². The third kappa shape index (κ3) is 4.56. The van der Waals surface area contributed by atoms with Crippen molar-refractivity contribution in [2.75, 3.05) is 17.4 Å². The quantitative estimate of drug-likeness (QED) is 0.759. The summed E-state index contributed by atoms with van der Waals surface area (Å²) in [4.78, 5) is 2.37. The first-order valence-electron chi connectivity index (χ1n) is 10.7. The van der Waals surface area contributed by atoms with Crippen molar-refractivity contribution < 1.29 is 17.5 Å². The summed E-state index contributed by atoms with van der Waals surface area (Å²) < 4.78 is 49.4. The van der Waals surface area contributed by atoms with Gasteiger partial charge in [0.1, 0.15) is 11.6 Å². The molecule has 0 aromatic heterocycles.